The molecule has 0 radical (unpaired) electrons. The number of carboxylic acids is 1. The van der Waals surface area contributed by atoms with Gasteiger partial charge < -0.3 is 15.2 Å². The van der Waals surface area contributed by atoms with Gasteiger partial charge in [0.15, 0.2) is 5.69 Å². The van der Waals surface area contributed by atoms with E-state index in [4.69, 9.17) is 21.4 Å². The Morgan fingerprint density at radius 1 is 1.61 bits per heavy atom. The number of halogens is 1. The van der Waals surface area contributed by atoms with Crippen molar-refractivity contribution in [3.8, 4) is 0 Å². The van der Waals surface area contributed by atoms with Crippen molar-refractivity contribution >= 4 is 23.4 Å². The summed E-state index contributed by atoms with van der Waals surface area (Å²) >= 11 is 5.75. The van der Waals surface area contributed by atoms with E-state index in [1.807, 2.05) is 0 Å². The quantitative estimate of drug-likeness (QED) is 0.798. The van der Waals surface area contributed by atoms with Gasteiger partial charge >= 0.3 is 5.97 Å². The van der Waals surface area contributed by atoms with Crippen molar-refractivity contribution in [3.63, 3.8) is 0 Å². The van der Waals surface area contributed by atoms with Crippen LogP contribution in [-0.4, -0.2) is 35.8 Å². The molecule has 6 heteroatoms. The maximum absolute atomic E-state index is 10.9. The van der Waals surface area contributed by atoms with Gasteiger partial charge in [-0.25, -0.2) is 9.78 Å². The van der Waals surface area contributed by atoms with Gasteiger partial charge in [0.05, 0.1) is 17.7 Å². The van der Waals surface area contributed by atoms with Gasteiger partial charge in [0.25, 0.3) is 0 Å². The number of nitrogens with one attached hydrogen (secondary N) is 1. The SMILES string of the molecule is CCCC(COC)Nc1ccc(Cl)c(C(=O)O)n1. The Balaban J connectivity index is 2.82. The second kappa shape index (κ2) is 7.18. The summed E-state index contributed by atoms with van der Waals surface area (Å²) in [7, 11) is 1.63. The summed E-state index contributed by atoms with van der Waals surface area (Å²) < 4.78 is 5.10. The van der Waals surface area contributed by atoms with Crippen molar-refractivity contribution in [1.29, 1.82) is 0 Å². The summed E-state index contributed by atoms with van der Waals surface area (Å²) in [5.74, 6) is -0.644. The highest BCUT2D eigenvalue weighted by Crippen LogP contribution is 2.17. The van der Waals surface area contributed by atoms with E-state index in [0.29, 0.717) is 12.4 Å². The Morgan fingerprint density at radius 2 is 2.33 bits per heavy atom. The van der Waals surface area contributed by atoms with Gasteiger partial charge in [0, 0.05) is 7.11 Å². The first kappa shape index (κ1) is 14.7. The van der Waals surface area contributed by atoms with E-state index in [2.05, 4.69) is 17.2 Å². The van der Waals surface area contributed by atoms with Crippen LogP contribution in [0.5, 0.6) is 0 Å². The fraction of sp³-hybridized carbons (Fsp3) is 0.500. The molecule has 0 saturated carbocycles. The molecule has 1 atom stereocenters. The highest BCUT2D eigenvalue weighted by molar-refractivity contribution is 6.33. The van der Waals surface area contributed by atoms with E-state index in [1.165, 1.54) is 6.07 Å². The molecule has 0 aliphatic rings. The van der Waals surface area contributed by atoms with Crippen LogP contribution in [0.3, 0.4) is 0 Å². The Hall–Kier alpha value is -1.33. The van der Waals surface area contributed by atoms with Crippen LogP contribution in [0.1, 0.15) is 30.3 Å². The zero-order chi connectivity index (χ0) is 13.5. The minimum Gasteiger partial charge on any atom is -0.476 e. The lowest BCUT2D eigenvalue weighted by Gasteiger charge is -2.18. The van der Waals surface area contributed by atoms with Crippen molar-refractivity contribution in [2.45, 2.75) is 25.8 Å². The van der Waals surface area contributed by atoms with Gasteiger partial charge in [-0.05, 0) is 18.6 Å². The molecule has 1 heterocycles. The number of carboxylic acid groups (broad SMARTS) is 1. The maximum atomic E-state index is 10.9. The Kier molecular flexibility index (Phi) is 5.88. The normalized spacial score (nSPS) is 12.2. The van der Waals surface area contributed by atoms with E-state index in [-0.39, 0.29) is 16.8 Å². The highest BCUT2D eigenvalue weighted by atomic mass is 35.5. The molecule has 0 saturated heterocycles. The summed E-state index contributed by atoms with van der Waals surface area (Å²) in [6.07, 6.45) is 1.92. The first-order valence-corrected chi connectivity index (χ1v) is 6.11. The van der Waals surface area contributed by atoms with E-state index in [9.17, 15) is 4.79 Å². The van der Waals surface area contributed by atoms with Crippen molar-refractivity contribution in [2.24, 2.45) is 0 Å². The first-order chi connectivity index (χ1) is 8.58. The molecule has 0 amide bonds. The van der Waals surface area contributed by atoms with Crippen LogP contribution in [0, 0.1) is 0 Å². The highest BCUT2D eigenvalue weighted by Gasteiger charge is 2.13. The standard InChI is InChI=1S/C12H17ClN2O3/c1-3-4-8(7-18-2)14-10-6-5-9(13)11(15-10)12(16)17/h5-6,8H,3-4,7H2,1-2H3,(H,14,15)(H,16,17). The molecule has 0 bridgehead atoms. The zero-order valence-corrected chi connectivity index (χ0v) is 11.2. The third kappa shape index (κ3) is 4.16. The number of pyridine rings is 1. The third-order valence-electron chi connectivity index (χ3n) is 2.41. The van der Waals surface area contributed by atoms with Crippen molar-refractivity contribution < 1.29 is 14.6 Å². The summed E-state index contributed by atoms with van der Waals surface area (Å²) in [5.41, 5.74) is -0.144. The molecule has 18 heavy (non-hydrogen) atoms. The second-order valence-corrected chi connectivity index (χ2v) is 4.32. The molecule has 100 valence electrons. The number of carbonyl (C=O) groups is 1. The molecule has 0 aromatic carbocycles. The van der Waals surface area contributed by atoms with E-state index in [1.54, 1.807) is 13.2 Å². The van der Waals surface area contributed by atoms with Gasteiger partial charge in [0.1, 0.15) is 5.82 Å². The molecular formula is C12H17ClN2O3. The predicted molar refractivity (Wildman–Crippen MR) is 70.4 cm³/mol. The minimum atomic E-state index is -1.14. The molecule has 1 aromatic heterocycles. The van der Waals surface area contributed by atoms with E-state index in [0.717, 1.165) is 12.8 Å². The topological polar surface area (TPSA) is 71.5 Å². The van der Waals surface area contributed by atoms with E-state index < -0.39 is 5.97 Å². The van der Waals surface area contributed by atoms with Gasteiger partial charge in [-0.2, -0.15) is 0 Å². The molecule has 5 nitrogen and oxygen atoms in total. The van der Waals surface area contributed by atoms with Crippen LogP contribution in [-0.2, 0) is 4.74 Å². The summed E-state index contributed by atoms with van der Waals surface area (Å²) in [6.45, 7) is 2.61. The van der Waals surface area contributed by atoms with Crippen molar-refractivity contribution in [1.82, 2.24) is 4.98 Å². The molecule has 0 aliphatic carbocycles. The Morgan fingerprint density at radius 3 is 2.89 bits per heavy atom. The third-order valence-corrected chi connectivity index (χ3v) is 2.71. The number of nitrogens with zero attached hydrogens (tertiary/aromatic N) is 1. The lowest BCUT2D eigenvalue weighted by atomic mass is 10.2. The molecule has 1 aromatic rings. The van der Waals surface area contributed by atoms with Gasteiger partial charge in [-0.3, -0.25) is 0 Å². The lowest BCUT2D eigenvalue weighted by molar-refractivity contribution is 0.0691. The van der Waals surface area contributed by atoms with Gasteiger partial charge in [-0.1, -0.05) is 24.9 Å². The number of aromatic carboxylic acids is 1. The number of hydrogen-bond acceptors (Lipinski definition) is 4. The maximum Gasteiger partial charge on any atom is 0.356 e. The van der Waals surface area contributed by atoms with Gasteiger partial charge in [-0.15, -0.1) is 0 Å². The largest absolute Gasteiger partial charge is 0.476 e. The minimum absolute atomic E-state index is 0.107. The number of ether oxygens (including phenoxy) is 1. The first-order valence-electron chi connectivity index (χ1n) is 5.73. The lowest BCUT2D eigenvalue weighted by Crippen LogP contribution is -2.25. The van der Waals surface area contributed by atoms with Crippen molar-refractivity contribution in [3.05, 3.63) is 22.8 Å². The Bertz CT molecular complexity index is 406. The second-order valence-electron chi connectivity index (χ2n) is 3.92. The summed E-state index contributed by atoms with van der Waals surface area (Å²) in [5, 5.41) is 12.2. The zero-order valence-electron chi connectivity index (χ0n) is 10.4. The number of rotatable bonds is 7. The number of aromatic nitrogens is 1. The summed E-state index contributed by atoms with van der Waals surface area (Å²) in [4.78, 5) is 14.9. The van der Waals surface area contributed by atoms with Crippen molar-refractivity contribution in [2.75, 3.05) is 19.0 Å². The Labute approximate surface area is 111 Å². The average molecular weight is 273 g/mol. The molecule has 2 N–H and O–H groups in total. The van der Waals surface area contributed by atoms with Crippen LogP contribution in [0.4, 0.5) is 5.82 Å². The average Bonchev–Trinajstić information content (AvgIpc) is 2.32. The molecular weight excluding hydrogens is 256 g/mol. The molecule has 1 rings (SSSR count). The van der Waals surface area contributed by atoms with Crippen LogP contribution < -0.4 is 5.32 Å². The van der Waals surface area contributed by atoms with Crippen LogP contribution >= 0.6 is 11.6 Å². The fourth-order valence-corrected chi connectivity index (χ4v) is 1.81. The predicted octanol–water partition coefficient (Wildman–Crippen LogP) is 2.66. The van der Waals surface area contributed by atoms with Crippen LogP contribution in [0.15, 0.2) is 12.1 Å². The number of anilines is 1. The molecule has 0 spiro atoms. The van der Waals surface area contributed by atoms with E-state index >= 15 is 0 Å². The number of hydrogen-bond donors (Lipinski definition) is 2. The summed E-state index contributed by atoms with van der Waals surface area (Å²) in [6, 6.07) is 3.29. The monoisotopic (exact) mass is 272 g/mol. The van der Waals surface area contributed by atoms with Gasteiger partial charge in [0.2, 0.25) is 0 Å². The molecule has 0 fully saturated rings. The van der Waals surface area contributed by atoms with Crippen LogP contribution in [0.25, 0.3) is 0 Å². The fourth-order valence-electron chi connectivity index (χ4n) is 1.63. The molecule has 0 aliphatic heterocycles. The number of methoxy groups -OCH3 is 1. The van der Waals surface area contributed by atoms with Crippen LogP contribution in [0.2, 0.25) is 5.02 Å². The smallest absolute Gasteiger partial charge is 0.356 e. The molecule has 1 unspecified atom stereocenters.